The number of carbonyl (C=O) groups excluding carboxylic acids is 2. The van der Waals surface area contributed by atoms with Crippen LogP contribution in [0.1, 0.15) is 38.5 Å². The lowest BCUT2D eigenvalue weighted by Crippen LogP contribution is -2.41. The van der Waals surface area contributed by atoms with Crippen LogP contribution in [0, 0.1) is 11.8 Å². The van der Waals surface area contributed by atoms with Gasteiger partial charge in [0.25, 0.3) is 0 Å². The minimum Gasteiger partial charge on any atom is -0.481 e. The van der Waals surface area contributed by atoms with E-state index in [1.165, 1.54) is 0 Å². The van der Waals surface area contributed by atoms with Gasteiger partial charge >= 0.3 is 5.97 Å². The zero-order valence-electron chi connectivity index (χ0n) is 14.7. The molecule has 140 valence electrons. The monoisotopic (exact) mass is 351 g/mol. The van der Waals surface area contributed by atoms with Crippen molar-refractivity contribution in [3.63, 3.8) is 0 Å². The summed E-state index contributed by atoms with van der Waals surface area (Å²) in [6.45, 7) is 3.13. The van der Waals surface area contributed by atoms with Gasteiger partial charge in [-0.1, -0.05) is 12.2 Å². The maximum absolute atomic E-state index is 12.5. The van der Waals surface area contributed by atoms with Gasteiger partial charge in [-0.25, -0.2) is 0 Å². The molecule has 0 aromatic carbocycles. The van der Waals surface area contributed by atoms with E-state index in [0.717, 1.165) is 32.4 Å². The molecular formula is C18H29N3O4. The minimum atomic E-state index is -0.934. The molecule has 0 aromatic heterocycles. The fraction of sp³-hybridized carbons (Fsp3) is 0.722. The van der Waals surface area contributed by atoms with Crippen LogP contribution in [-0.4, -0.2) is 60.5 Å². The molecular weight excluding hydrogens is 322 g/mol. The Hall–Kier alpha value is -1.89. The second-order valence-corrected chi connectivity index (χ2v) is 6.87. The van der Waals surface area contributed by atoms with Crippen molar-refractivity contribution in [2.45, 2.75) is 38.5 Å². The van der Waals surface area contributed by atoms with Gasteiger partial charge in [0.05, 0.1) is 12.3 Å². The molecule has 0 radical (unpaired) electrons. The summed E-state index contributed by atoms with van der Waals surface area (Å²) in [5.74, 6) is -0.702. The highest BCUT2D eigenvalue weighted by molar-refractivity contribution is 5.81. The average molecular weight is 351 g/mol. The van der Waals surface area contributed by atoms with E-state index in [0.29, 0.717) is 31.8 Å². The van der Waals surface area contributed by atoms with Gasteiger partial charge in [0.2, 0.25) is 11.8 Å². The van der Waals surface area contributed by atoms with Crippen molar-refractivity contribution >= 4 is 17.8 Å². The molecule has 3 N–H and O–H groups in total. The van der Waals surface area contributed by atoms with E-state index in [-0.39, 0.29) is 30.7 Å². The van der Waals surface area contributed by atoms with Gasteiger partial charge in [0, 0.05) is 26.1 Å². The van der Waals surface area contributed by atoms with Crippen LogP contribution in [0.25, 0.3) is 0 Å². The molecule has 0 aliphatic carbocycles. The maximum Gasteiger partial charge on any atom is 0.305 e. The van der Waals surface area contributed by atoms with Gasteiger partial charge in [0.1, 0.15) is 0 Å². The largest absolute Gasteiger partial charge is 0.481 e. The number of carbonyl (C=O) groups is 3. The Morgan fingerprint density at radius 2 is 1.92 bits per heavy atom. The summed E-state index contributed by atoms with van der Waals surface area (Å²) in [6.07, 6.45) is 8.06. The van der Waals surface area contributed by atoms with Crippen LogP contribution in [-0.2, 0) is 14.4 Å². The van der Waals surface area contributed by atoms with Crippen LogP contribution in [0.15, 0.2) is 12.2 Å². The molecule has 2 aliphatic heterocycles. The van der Waals surface area contributed by atoms with E-state index in [1.807, 2.05) is 12.2 Å². The summed E-state index contributed by atoms with van der Waals surface area (Å²) in [7, 11) is 0. The SMILES string of the molecule is O=C(O)CCNC(=O)C1CC=CCN(C(=O)CCC2CCNCC2)C1. The van der Waals surface area contributed by atoms with Gasteiger partial charge in [-0.15, -0.1) is 0 Å². The molecule has 2 rings (SSSR count). The van der Waals surface area contributed by atoms with Crippen molar-refractivity contribution in [1.82, 2.24) is 15.5 Å². The highest BCUT2D eigenvalue weighted by atomic mass is 16.4. The Kier molecular flexibility index (Phi) is 7.91. The number of hydrogen-bond donors (Lipinski definition) is 3. The first-order valence-corrected chi connectivity index (χ1v) is 9.19. The van der Waals surface area contributed by atoms with Crippen molar-refractivity contribution in [1.29, 1.82) is 0 Å². The molecule has 1 unspecified atom stereocenters. The van der Waals surface area contributed by atoms with Gasteiger partial charge in [-0.2, -0.15) is 0 Å². The van der Waals surface area contributed by atoms with E-state index < -0.39 is 5.97 Å². The lowest BCUT2D eigenvalue weighted by molar-refractivity contribution is -0.137. The number of allylic oxidation sites excluding steroid dienone is 1. The second-order valence-electron chi connectivity index (χ2n) is 6.87. The van der Waals surface area contributed by atoms with Crippen LogP contribution in [0.4, 0.5) is 0 Å². The van der Waals surface area contributed by atoms with Crippen molar-refractivity contribution in [2.24, 2.45) is 11.8 Å². The molecule has 1 atom stereocenters. The predicted octanol–water partition coefficient (Wildman–Crippen LogP) is 0.762. The fourth-order valence-corrected chi connectivity index (χ4v) is 3.36. The number of nitrogens with one attached hydrogen (secondary N) is 2. The lowest BCUT2D eigenvalue weighted by Gasteiger charge is -2.26. The molecule has 0 spiro atoms. The van der Waals surface area contributed by atoms with Gasteiger partial charge in [-0.3, -0.25) is 14.4 Å². The summed E-state index contributed by atoms with van der Waals surface area (Å²) in [6, 6.07) is 0. The van der Waals surface area contributed by atoms with E-state index in [9.17, 15) is 14.4 Å². The highest BCUT2D eigenvalue weighted by Gasteiger charge is 2.25. The topological polar surface area (TPSA) is 98.7 Å². The van der Waals surface area contributed by atoms with Crippen molar-refractivity contribution in [2.75, 3.05) is 32.7 Å². The number of aliphatic carboxylic acids is 1. The summed E-state index contributed by atoms with van der Waals surface area (Å²) in [4.78, 5) is 37.0. The zero-order valence-corrected chi connectivity index (χ0v) is 14.7. The first-order valence-electron chi connectivity index (χ1n) is 9.19. The van der Waals surface area contributed by atoms with E-state index in [2.05, 4.69) is 10.6 Å². The first-order chi connectivity index (χ1) is 12.1. The number of carboxylic acids is 1. The first kappa shape index (κ1) is 19.4. The number of amides is 2. The van der Waals surface area contributed by atoms with Crippen molar-refractivity contribution in [3.05, 3.63) is 12.2 Å². The number of nitrogens with zero attached hydrogens (tertiary/aromatic N) is 1. The molecule has 1 saturated heterocycles. The Morgan fingerprint density at radius 3 is 2.64 bits per heavy atom. The summed E-state index contributed by atoms with van der Waals surface area (Å²) >= 11 is 0. The van der Waals surface area contributed by atoms with Crippen molar-refractivity contribution < 1.29 is 19.5 Å². The second kappa shape index (κ2) is 10.2. The third kappa shape index (κ3) is 6.86. The molecule has 7 heteroatoms. The molecule has 0 saturated carbocycles. The van der Waals surface area contributed by atoms with E-state index in [1.54, 1.807) is 4.90 Å². The number of carboxylic acid groups (broad SMARTS) is 1. The van der Waals surface area contributed by atoms with Crippen LogP contribution in [0.2, 0.25) is 0 Å². The molecule has 7 nitrogen and oxygen atoms in total. The number of piperidine rings is 1. The molecule has 2 heterocycles. The number of rotatable bonds is 7. The maximum atomic E-state index is 12.5. The Bertz CT molecular complexity index is 501. The van der Waals surface area contributed by atoms with Crippen molar-refractivity contribution in [3.8, 4) is 0 Å². The van der Waals surface area contributed by atoms with Crippen LogP contribution in [0.3, 0.4) is 0 Å². The third-order valence-corrected chi connectivity index (χ3v) is 4.94. The average Bonchev–Trinajstić information content (AvgIpc) is 2.86. The molecule has 2 aliphatic rings. The molecule has 25 heavy (non-hydrogen) atoms. The van der Waals surface area contributed by atoms with Gasteiger partial charge in [-0.05, 0) is 44.7 Å². The smallest absolute Gasteiger partial charge is 0.305 e. The van der Waals surface area contributed by atoms with Crippen LogP contribution >= 0.6 is 0 Å². The van der Waals surface area contributed by atoms with Gasteiger partial charge < -0.3 is 20.6 Å². The Morgan fingerprint density at radius 1 is 1.16 bits per heavy atom. The number of hydrogen-bond acceptors (Lipinski definition) is 4. The van der Waals surface area contributed by atoms with Crippen LogP contribution < -0.4 is 10.6 Å². The quantitative estimate of drug-likeness (QED) is 0.588. The summed E-state index contributed by atoms with van der Waals surface area (Å²) in [5.41, 5.74) is 0. The van der Waals surface area contributed by atoms with E-state index >= 15 is 0 Å². The molecule has 0 bridgehead atoms. The lowest BCUT2D eigenvalue weighted by atomic mass is 9.93. The third-order valence-electron chi connectivity index (χ3n) is 4.94. The zero-order chi connectivity index (χ0) is 18.1. The van der Waals surface area contributed by atoms with E-state index in [4.69, 9.17) is 5.11 Å². The summed E-state index contributed by atoms with van der Waals surface area (Å²) in [5, 5.41) is 14.6. The Balaban J connectivity index is 1.79. The molecule has 1 fully saturated rings. The predicted molar refractivity (Wildman–Crippen MR) is 93.9 cm³/mol. The molecule has 0 aromatic rings. The van der Waals surface area contributed by atoms with Crippen LogP contribution in [0.5, 0.6) is 0 Å². The normalized spacial score (nSPS) is 21.6. The fourth-order valence-electron chi connectivity index (χ4n) is 3.36. The van der Waals surface area contributed by atoms with Gasteiger partial charge in [0.15, 0.2) is 0 Å². The minimum absolute atomic E-state index is 0.0901. The molecule has 2 amide bonds. The Labute approximate surface area is 148 Å². The standard InChI is InChI=1S/C18H29N3O4/c22-16(5-4-14-6-9-19-10-7-14)21-12-2-1-3-15(13-21)18(25)20-11-8-17(23)24/h1-2,14-15,19H,3-13H2,(H,20,25)(H,23,24). The summed E-state index contributed by atoms with van der Waals surface area (Å²) < 4.78 is 0. The highest BCUT2D eigenvalue weighted by Crippen LogP contribution is 2.19.